The maximum atomic E-state index is 13.1. The lowest BCUT2D eigenvalue weighted by molar-refractivity contribution is -0.119. The molecule has 2 aromatic carbocycles. The van der Waals surface area contributed by atoms with E-state index in [0.29, 0.717) is 19.4 Å². The summed E-state index contributed by atoms with van der Waals surface area (Å²) in [5, 5.41) is 0. The van der Waals surface area contributed by atoms with Crippen LogP contribution in [0.25, 0.3) is 0 Å². The summed E-state index contributed by atoms with van der Waals surface area (Å²) in [5.41, 5.74) is 2.77. The Labute approximate surface area is 161 Å². The minimum Gasteiger partial charge on any atom is -0.294 e. The molecule has 0 N–H and O–H groups in total. The van der Waals surface area contributed by atoms with Crippen LogP contribution in [0.5, 0.6) is 0 Å². The molecule has 0 aromatic heterocycles. The molecule has 0 unspecified atom stereocenters. The maximum absolute atomic E-state index is 13.1. The quantitative estimate of drug-likeness (QED) is 0.756. The van der Waals surface area contributed by atoms with E-state index in [1.165, 1.54) is 4.31 Å². The predicted molar refractivity (Wildman–Crippen MR) is 107 cm³/mol. The highest BCUT2D eigenvalue weighted by Gasteiger charge is 2.34. The number of benzene rings is 2. The number of hydrogen-bond donors (Lipinski definition) is 0. The summed E-state index contributed by atoms with van der Waals surface area (Å²) in [6.45, 7) is 4.31. The van der Waals surface area contributed by atoms with Gasteiger partial charge in [0.05, 0.1) is 4.90 Å². The molecular weight excluding hydrogens is 358 g/mol. The molecule has 0 bridgehead atoms. The van der Waals surface area contributed by atoms with Crippen molar-refractivity contribution in [3.63, 3.8) is 0 Å². The first-order chi connectivity index (χ1) is 12.9. The van der Waals surface area contributed by atoms with Crippen molar-refractivity contribution >= 4 is 15.8 Å². The summed E-state index contributed by atoms with van der Waals surface area (Å²) >= 11 is 0. The lowest BCUT2D eigenvalue weighted by Gasteiger charge is -2.23. The summed E-state index contributed by atoms with van der Waals surface area (Å²) in [7, 11) is -3.63. The van der Waals surface area contributed by atoms with Gasteiger partial charge in [-0.2, -0.15) is 4.31 Å². The minimum absolute atomic E-state index is 0.0583. The molecule has 1 heterocycles. The summed E-state index contributed by atoms with van der Waals surface area (Å²) in [6.07, 6.45) is 2.81. The Morgan fingerprint density at radius 1 is 1.07 bits per heavy atom. The Kier molecular flexibility index (Phi) is 5.92. The molecule has 4 nitrogen and oxygen atoms in total. The molecular formula is C22H25NO3S. The Bertz CT molecular complexity index is 931. The molecule has 0 amide bonds. The zero-order valence-electron chi connectivity index (χ0n) is 15.8. The van der Waals surface area contributed by atoms with Gasteiger partial charge in [0.2, 0.25) is 10.0 Å². The van der Waals surface area contributed by atoms with Crippen LogP contribution in [0.2, 0.25) is 0 Å². The second kappa shape index (κ2) is 8.19. The SMILES string of the molecule is C/C=C1\CCN(S(=O)(=O)c2ccc(C)cc2)C[C@@H](Cc2ccccc2)C1=O. The molecule has 1 atom stereocenters. The van der Waals surface area contributed by atoms with Crippen LogP contribution >= 0.6 is 0 Å². The highest BCUT2D eigenvalue weighted by atomic mass is 32.2. The van der Waals surface area contributed by atoms with E-state index >= 15 is 0 Å². The Balaban J connectivity index is 1.92. The number of Topliss-reactive ketones (excluding diaryl/α,β-unsaturated/α-hetero) is 1. The van der Waals surface area contributed by atoms with Crippen LogP contribution in [-0.2, 0) is 21.2 Å². The first-order valence-electron chi connectivity index (χ1n) is 9.22. The number of hydrogen-bond acceptors (Lipinski definition) is 3. The van der Waals surface area contributed by atoms with Crippen molar-refractivity contribution < 1.29 is 13.2 Å². The fourth-order valence-electron chi connectivity index (χ4n) is 3.47. The van der Waals surface area contributed by atoms with Crippen LogP contribution in [0.15, 0.2) is 71.1 Å². The van der Waals surface area contributed by atoms with Crippen molar-refractivity contribution in [2.24, 2.45) is 5.92 Å². The monoisotopic (exact) mass is 383 g/mol. The number of sulfonamides is 1. The second-order valence-electron chi connectivity index (χ2n) is 6.99. The van der Waals surface area contributed by atoms with Crippen LogP contribution in [0.1, 0.15) is 24.5 Å². The lowest BCUT2D eigenvalue weighted by Crippen LogP contribution is -2.36. The van der Waals surface area contributed by atoms with Crippen molar-refractivity contribution in [1.82, 2.24) is 4.31 Å². The third-order valence-corrected chi connectivity index (χ3v) is 6.95. The first-order valence-corrected chi connectivity index (χ1v) is 10.7. The van der Waals surface area contributed by atoms with Gasteiger partial charge in [-0.15, -0.1) is 0 Å². The van der Waals surface area contributed by atoms with Gasteiger partial charge in [0.1, 0.15) is 0 Å². The second-order valence-corrected chi connectivity index (χ2v) is 8.93. The average molecular weight is 384 g/mol. The highest BCUT2D eigenvalue weighted by Crippen LogP contribution is 2.26. The number of allylic oxidation sites excluding steroid dienone is 1. The summed E-state index contributed by atoms with van der Waals surface area (Å²) in [6, 6.07) is 16.6. The van der Waals surface area contributed by atoms with Gasteiger partial charge in [-0.25, -0.2) is 8.42 Å². The van der Waals surface area contributed by atoms with Gasteiger partial charge < -0.3 is 0 Å². The normalized spacial score (nSPS) is 20.6. The fraction of sp³-hybridized carbons (Fsp3) is 0.318. The average Bonchev–Trinajstić information content (AvgIpc) is 2.82. The number of rotatable bonds is 4. The molecule has 1 fully saturated rings. The van der Waals surface area contributed by atoms with Crippen molar-refractivity contribution in [2.75, 3.05) is 13.1 Å². The summed E-state index contributed by atoms with van der Waals surface area (Å²) < 4.78 is 27.8. The topological polar surface area (TPSA) is 54.5 Å². The molecule has 1 saturated heterocycles. The molecule has 0 radical (unpaired) electrons. The predicted octanol–water partition coefficient (Wildman–Crippen LogP) is 3.76. The molecule has 0 aliphatic carbocycles. The molecule has 2 aromatic rings. The third kappa shape index (κ3) is 4.37. The van der Waals surface area contributed by atoms with Crippen LogP contribution in [0.3, 0.4) is 0 Å². The van der Waals surface area contributed by atoms with Gasteiger partial charge in [-0.3, -0.25) is 4.79 Å². The van der Waals surface area contributed by atoms with Gasteiger partial charge in [-0.05, 0) is 50.0 Å². The molecule has 5 heteroatoms. The maximum Gasteiger partial charge on any atom is 0.243 e. The van der Waals surface area contributed by atoms with Crippen LogP contribution in [0.4, 0.5) is 0 Å². The van der Waals surface area contributed by atoms with Crippen molar-refractivity contribution in [3.8, 4) is 0 Å². The molecule has 1 aliphatic rings. The van der Waals surface area contributed by atoms with Gasteiger partial charge in [0.25, 0.3) is 0 Å². The summed E-state index contributed by atoms with van der Waals surface area (Å²) in [4.78, 5) is 13.2. The fourth-order valence-corrected chi connectivity index (χ4v) is 4.96. The van der Waals surface area contributed by atoms with E-state index in [0.717, 1.165) is 16.7 Å². The Hall–Kier alpha value is -2.24. The van der Waals surface area contributed by atoms with Crippen LogP contribution < -0.4 is 0 Å². The van der Waals surface area contributed by atoms with Gasteiger partial charge in [0.15, 0.2) is 5.78 Å². The van der Waals surface area contributed by atoms with Gasteiger partial charge in [0, 0.05) is 19.0 Å². The Morgan fingerprint density at radius 3 is 2.37 bits per heavy atom. The zero-order chi connectivity index (χ0) is 19.4. The smallest absolute Gasteiger partial charge is 0.243 e. The van der Waals surface area contributed by atoms with E-state index in [1.54, 1.807) is 24.3 Å². The van der Waals surface area contributed by atoms with E-state index in [-0.39, 0.29) is 23.1 Å². The first kappa shape index (κ1) is 19.5. The zero-order valence-corrected chi connectivity index (χ0v) is 16.6. The highest BCUT2D eigenvalue weighted by molar-refractivity contribution is 7.89. The van der Waals surface area contributed by atoms with Crippen LogP contribution in [-0.4, -0.2) is 31.6 Å². The van der Waals surface area contributed by atoms with Gasteiger partial charge in [-0.1, -0.05) is 54.1 Å². The number of nitrogens with zero attached hydrogens (tertiary/aromatic N) is 1. The Morgan fingerprint density at radius 2 is 1.74 bits per heavy atom. The molecule has 0 spiro atoms. The lowest BCUT2D eigenvalue weighted by atomic mass is 9.91. The van der Waals surface area contributed by atoms with Crippen LogP contribution in [0, 0.1) is 12.8 Å². The van der Waals surface area contributed by atoms with E-state index in [4.69, 9.17) is 0 Å². The standard InChI is InChI=1S/C22H25NO3S/c1-3-19-13-14-23(27(25,26)21-11-9-17(2)10-12-21)16-20(22(19)24)15-18-7-5-4-6-8-18/h3-12,20H,13-16H2,1-2H3/b19-3+/t20-/m1/s1. The number of carbonyl (C=O) groups is 1. The molecule has 1 aliphatic heterocycles. The van der Waals surface area contributed by atoms with E-state index in [9.17, 15) is 13.2 Å². The van der Waals surface area contributed by atoms with Crippen molar-refractivity contribution in [2.45, 2.75) is 31.6 Å². The van der Waals surface area contributed by atoms with Gasteiger partial charge >= 0.3 is 0 Å². The minimum atomic E-state index is -3.63. The summed E-state index contributed by atoms with van der Waals surface area (Å²) in [5.74, 6) is -0.315. The molecule has 0 saturated carbocycles. The van der Waals surface area contributed by atoms with E-state index in [2.05, 4.69) is 0 Å². The molecule has 3 rings (SSSR count). The van der Waals surface area contributed by atoms with Crippen molar-refractivity contribution in [1.29, 1.82) is 0 Å². The van der Waals surface area contributed by atoms with E-state index < -0.39 is 10.0 Å². The molecule has 142 valence electrons. The molecule has 27 heavy (non-hydrogen) atoms. The number of aryl methyl sites for hydroxylation is 1. The number of ketones is 1. The van der Waals surface area contributed by atoms with Crippen molar-refractivity contribution in [3.05, 3.63) is 77.4 Å². The van der Waals surface area contributed by atoms with E-state index in [1.807, 2.05) is 50.3 Å². The third-order valence-electron chi connectivity index (χ3n) is 5.07. The largest absolute Gasteiger partial charge is 0.294 e. The number of carbonyl (C=O) groups excluding carboxylic acids is 1.